The van der Waals surface area contributed by atoms with E-state index >= 15 is 0 Å². The molecule has 0 spiro atoms. The maximum atomic E-state index is 5.90. The van der Waals surface area contributed by atoms with Gasteiger partial charge in [-0.05, 0) is 54.7 Å². The van der Waals surface area contributed by atoms with Crippen molar-refractivity contribution < 1.29 is 4.74 Å². The van der Waals surface area contributed by atoms with Gasteiger partial charge in [-0.2, -0.15) is 0 Å². The normalized spacial score (nSPS) is 13.0. The molecule has 1 unspecified atom stereocenters. The minimum Gasteiger partial charge on any atom is -0.493 e. The number of allylic oxidation sites excluding steroid dienone is 2. The van der Waals surface area contributed by atoms with Crippen molar-refractivity contribution in [3.63, 3.8) is 0 Å². The van der Waals surface area contributed by atoms with Crippen LogP contribution in [-0.2, 0) is 0 Å². The topological polar surface area (TPSA) is 9.23 Å². The minimum absolute atomic E-state index is 0.500. The maximum Gasteiger partial charge on any atom is 0.122 e. The van der Waals surface area contributed by atoms with Gasteiger partial charge in [0, 0.05) is 0 Å². The van der Waals surface area contributed by atoms with E-state index in [1.165, 1.54) is 17.5 Å². The third-order valence-corrected chi connectivity index (χ3v) is 3.90. The Morgan fingerprint density at radius 2 is 1.86 bits per heavy atom. The molecule has 118 valence electrons. The van der Waals surface area contributed by atoms with E-state index in [0.717, 1.165) is 31.6 Å². The lowest BCUT2D eigenvalue weighted by Crippen LogP contribution is -2.03. The zero-order valence-electron chi connectivity index (χ0n) is 14.5. The first kappa shape index (κ1) is 17.8. The Hall–Kier alpha value is -1.24. The standard InChI is InChI=1S/C20H32O/c1-6-9-10-11-17(8-3)18-12-13-20(21-14-7-2)19(15-18)16(4)5/h9-10,12-13,15-17H,6-8,11,14H2,1-5H3/b10-9-. The van der Waals surface area contributed by atoms with Gasteiger partial charge in [-0.15, -0.1) is 0 Å². The van der Waals surface area contributed by atoms with Gasteiger partial charge in [0.2, 0.25) is 0 Å². The molecule has 0 radical (unpaired) electrons. The summed E-state index contributed by atoms with van der Waals surface area (Å²) in [6.07, 6.45) is 9.09. The molecule has 0 aliphatic carbocycles. The summed E-state index contributed by atoms with van der Waals surface area (Å²) in [5.41, 5.74) is 2.80. The molecule has 1 atom stereocenters. The van der Waals surface area contributed by atoms with Crippen LogP contribution in [0, 0.1) is 0 Å². The molecule has 0 aliphatic heterocycles. The van der Waals surface area contributed by atoms with Crippen LogP contribution in [0.1, 0.15) is 83.3 Å². The second-order valence-electron chi connectivity index (χ2n) is 6.02. The lowest BCUT2D eigenvalue weighted by atomic mass is 9.89. The summed E-state index contributed by atoms with van der Waals surface area (Å²) in [6, 6.07) is 6.79. The van der Waals surface area contributed by atoms with Gasteiger partial charge in [-0.1, -0.05) is 58.9 Å². The first-order valence-electron chi connectivity index (χ1n) is 8.55. The molecule has 0 aromatic heterocycles. The first-order valence-corrected chi connectivity index (χ1v) is 8.55. The van der Waals surface area contributed by atoms with Gasteiger partial charge in [-0.3, -0.25) is 0 Å². The molecular weight excluding hydrogens is 256 g/mol. The van der Waals surface area contributed by atoms with Crippen LogP contribution in [0.4, 0.5) is 0 Å². The predicted molar refractivity (Wildman–Crippen MR) is 93.4 cm³/mol. The molecule has 1 aromatic carbocycles. The average Bonchev–Trinajstić information content (AvgIpc) is 2.49. The van der Waals surface area contributed by atoms with Crippen molar-refractivity contribution in [2.45, 2.75) is 72.1 Å². The van der Waals surface area contributed by atoms with Gasteiger partial charge in [0.05, 0.1) is 6.61 Å². The molecule has 0 saturated carbocycles. The Kier molecular flexibility index (Phi) is 8.19. The molecule has 0 aliphatic rings. The van der Waals surface area contributed by atoms with Crippen molar-refractivity contribution in [2.24, 2.45) is 0 Å². The van der Waals surface area contributed by atoms with Crippen LogP contribution < -0.4 is 4.74 Å². The lowest BCUT2D eigenvalue weighted by Gasteiger charge is -2.19. The van der Waals surface area contributed by atoms with Crippen molar-refractivity contribution in [1.29, 1.82) is 0 Å². The second-order valence-corrected chi connectivity index (χ2v) is 6.02. The van der Waals surface area contributed by atoms with Crippen LogP contribution in [0.2, 0.25) is 0 Å². The van der Waals surface area contributed by atoms with Crippen molar-refractivity contribution in [3.8, 4) is 5.75 Å². The summed E-state index contributed by atoms with van der Waals surface area (Å²) in [6.45, 7) is 11.9. The fraction of sp³-hybridized carbons (Fsp3) is 0.600. The molecule has 0 N–H and O–H groups in total. The van der Waals surface area contributed by atoms with E-state index < -0.39 is 0 Å². The third-order valence-electron chi connectivity index (χ3n) is 3.90. The predicted octanol–water partition coefficient (Wildman–Crippen LogP) is 6.45. The number of rotatable bonds is 9. The number of benzene rings is 1. The van der Waals surface area contributed by atoms with Crippen molar-refractivity contribution in [3.05, 3.63) is 41.5 Å². The monoisotopic (exact) mass is 288 g/mol. The van der Waals surface area contributed by atoms with Gasteiger partial charge >= 0.3 is 0 Å². The van der Waals surface area contributed by atoms with Crippen LogP contribution in [0.3, 0.4) is 0 Å². The van der Waals surface area contributed by atoms with Crippen molar-refractivity contribution in [1.82, 2.24) is 0 Å². The summed E-state index contributed by atoms with van der Waals surface area (Å²) < 4.78 is 5.90. The summed E-state index contributed by atoms with van der Waals surface area (Å²) in [5, 5.41) is 0. The van der Waals surface area contributed by atoms with E-state index in [4.69, 9.17) is 4.74 Å². The molecule has 0 bridgehead atoms. The van der Waals surface area contributed by atoms with E-state index in [1.54, 1.807) is 0 Å². The molecular formula is C20H32O. The summed E-state index contributed by atoms with van der Waals surface area (Å²) in [7, 11) is 0. The molecule has 1 nitrogen and oxygen atoms in total. The van der Waals surface area contributed by atoms with E-state index in [0.29, 0.717) is 11.8 Å². The summed E-state index contributed by atoms with van der Waals surface area (Å²) in [5.74, 6) is 2.18. The van der Waals surface area contributed by atoms with Gasteiger partial charge in [0.25, 0.3) is 0 Å². The maximum absolute atomic E-state index is 5.90. The van der Waals surface area contributed by atoms with Gasteiger partial charge in [-0.25, -0.2) is 0 Å². The summed E-state index contributed by atoms with van der Waals surface area (Å²) in [4.78, 5) is 0. The van der Waals surface area contributed by atoms with Crippen LogP contribution in [0.15, 0.2) is 30.4 Å². The largest absolute Gasteiger partial charge is 0.493 e. The minimum atomic E-state index is 0.500. The fourth-order valence-corrected chi connectivity index (χ4v) is 2.58. The highest BCUT2D eigenvalue weighted by Gasteiger charge is 2.13. The van der Waals surface area contributed by atoms with Crippen LogP contribution >= 0.6 is 0 Å². The van der Waals surface area contributed by atoms with E-state index in [-0.39, 0.29) is 0 Å². The van der Waals surface area contributed by atoms with Gasteiger partial charge in [0.1, 0.15) is 5.75 Å². The molecule has 1 rings (SSSR count). The smallest absolute Gasteiger partial charge is 0.122 e. The fourth-order valence-electron chi connectivity index (χ4n) is 2.58. The Morgan fingerprint density at radius 3 is 2.43 bits per heavy atom. The Bertz CT molecular complexity index is 431. The highest BCUT2D eigenvalue weighted by atomic mass is 16.5. The van der Waals surface area contributed by atoms with Crippen LogP contribution in [0.25, 0.3) is 0 Å². The van der Waals surface area contributed by atoms with E-state index in [1.807, 2.05) is 0 Å². The van der Waals surface area contributed by atoms with E-state index in [2.05, 4.69) is 65.0 Å². The SMILES string of the molecule is CC/C=C\CC(CC)c1ccc(OCCC)c(C(C)C)c1. The average molecular weight is 288 g/mol. The Balaban J connectivity index is 2.96. The summed E-state index contributed by atoms with van der Waals surface area (Å²) >= 11 is 0. The quantitative estimate of drug-likeness (QED) is 0.474. The third kappa shape index (κ3) is 5.57. The molecule has 1 heteroatoms. The first-order chi connectivity index (χ1) is 10.1. The number of hydrogen-bond acceptors (Lipinski definition) is 1. The Labute approximate surface area is 131 Å². The Morgan fingerprint density at radius 1 is 1.10 bits per heavy atom. The lowest BCUT2D eigenvalue weighted by molar-refractivity contribution is 0.313. The van der Waals surface area contributed by atoms with E-state index in [9.17, 15) is 0 Å². The van der Waals surface area contributed by atoms with Crippen LogP contribution in [-0.4, -0.2) is 6.61 Å². The number of ether oxygens (including phenoxy) is 1. The molecule has 1 aromatic rings. The molecule has 21 heavy (non-hydrogen) atoms. The van der Waals surface area contributed by atoms with Gasteiger partial charge < -0.3 is 4.74 Å². The van der Waals surface area contributed by atoms with Crippen LogP contribution in [0.5, 0.6) is 5.75 Å². The molecule has 0 amide bonds. The number of hydrogen-bond donors (Lipinski definition) is 0. The second kappa shape index (κ2) is 9.65. The van der Waals surface area contributed by atoms with Gasteiger partial charge in [0.15, 0.2) is 0 Å². The van der Waals surface area contributed by atoms with Crippen molar-refractivity contribution in [2.75, 3.05) is 6.61 Å². The highest BCUT2D eigenvalue weighted by molar-refractivity contribution is 5.40. The molecule has 0 heterocycles. The molecule has 0 fully saturated rings. The van der Waals surface area contributed by atoms with Crippen molar-refractivity contribution >= 4 is 0 Å². The zero-order chi connectivity index (χ0) is 15.7. The zero-order valence-corrected chi connectivity index (χ0v) is 14.5. The highest BCUT2D eigenvalue weighted by Crippen LogP contribution is 2.32. The molecule has 0 saturated heterocycles.